The molecule has 2 aromatic rings. The molecule has 0 unspecified atom stereocenters. The van der Waals surface area contributed by atoms with Gasteiger partial charge < -0.3 is 9.32 Å². The molecule has 0 aliphatic carbocycles. The van der Waals surface area contributed by atoms with Crippen LogP contribution in [0, 0.1) is 12.8 Å². The number of furan rings is 1. The fourth-order valence-electron chi connectivity index (χ4n) is 3.25. The number of carbonyl (C=O) groups is 1. The molecule has 4 nitrogen and oxygen atoms in total. The van der Waals surface area contributed by atoms with Crippen LogP contribution in [0.2, 0.25) is 0 Å². The molecule has 3 rings (SSSR count). The lowest BCUT2D eigenvalue weighted by atomic mass is 10.1. The zero-order valence-corrected chi connectivity index (χ0v) is 13.9. The van der Waals surface area contributed by atoms with Gasteiger partial charge in [0.2, 0.25) is 0 Å². The van der Waals surface area contributed by atoms with Gasteiger partial charge in [0, 0.05) is 26.7 Å². The van der Waals surface area contributed by atoms with Crippen molar-refractivity contribution in [3.8, 4) is 0 Å². The van der Waals surface area contributed by atoms with Crippen LogP contribution in [0.1, 0.15) is 28.3 Å². The summed E-state index contributed by atoms with van der Waals surface area (Å²) in [5, 5.41) is 0. The highest BCUT2D eigenvalue weighted by Crippen LogP contribution is 2.20. The van der Waals surface area contributed by atoms with Gasteiger partial charge in [0.25, 0.3) is 5.91 Å². The third-order valence-electron chi connectivity index (χ3n) is 4.45. The van der Waals surface area contributed by atoms with Crippen LogP contribution in [-0.2, 0) is 6.54 Å². The third-order valence-corrected chi connectivity index (χ3v) is 4.45. The maximum Gasteiger partial charge on any atom is 0.289 e. The second-order valence-electron chi connectivity index (χ2n) is 6.47. The van der Waals surface area contributed by atoms with Gasteiger partial charge in [-0.1, -0.05) is 30.3 Å². The van der Waals surface area contributed by atoms with Crippen molar-refractivity contribution in [2.45, 2.75) is 19.9 Å². The van der Waals surface area contributed by atoms with E-state index in [-0.39, 0.29) is 5.91 Å². The maximum absolute atomic E-state index is 12.3. The number of aryl methyl sites for hydroxylation is 1. The smallest absolute Gasteiger partial charge is 0.289 e. The molecule has 0 radical (unpaired) electrons. The SMILES string of the molecule is Cc1ccc(C(=O)N(C)C[C@@H]2CCN(Cc3ccccc3)C2)o1. The number of rotatable bonds is 5. The summed E-state index contributed by atoms with van der Waals surface area (Å²) in [4.78, 5) is 16.6. The maximum atomic E-state index is 12.3. The molecular weight excluding hydrogens is 288 g/mol. The summed E-state index contributed by atoms with van der Waals surface area (Å²) in [6, 6.07) is 14.1. The summed E-state index contributed by atoms with van der Waals surface area (Å²) in [6.07, 6.45) is 1.14. The van der Waals surface area contributed by atoms with Crippen LogP contribution >= 0.6 is 0 Å². The van der Waals surface area contributed by atoms with E-state index < -0.39 is 0 Å². The Bertz CT molecular complexity index is 650. The largest absolute Gasteiger partial charge is 0.456 e. The minimum Gasteiger partial charge on any atom is -0.456 e. The molecule has 4 heteroatoms. The predicted octanol–water partition coefficient (Wildman–Crippen LogP) is 3.18. The lowest BCUT2D eigenvalue weighted by Gasteiger charge is -2.21. The van der Waals surface area contributed by atoms with E-state index in [9.17, 15) is 4.79 Å². The molecule has 1 saturated heterocycles. The minimum atomic E-state index is -0.0281. The summed E-state index contributed by atoms with van der Waals surface area (Å²) in [7, 11) is 1.86. The molecule has 0 bridgehead atoms. The minimum absolute atomic E-state index is 0.0281. The normalized spacial score (nSPS) is 18.3. The molecule has 1 aromatic carbocycles. The van der Waals surface area contributed by atoms with Crippen molar-refractivity contribution in [2.75, 3.05) is 26.7 Å². The number of amides is 1. The van der Waals surface area contributed by atoms with Crippen molar-refractivity contribution in [3.63, 3.8) is 0 Å². The zero-order chi connectivity index (χ0) is 16.2. The van der Waals surface area contributed by atoms with E-state index in [2.05, 4.69) is 29.2 Å². The van der Waals surface area contributed by atoms with Crippen molar-refractivity contribution in [3.05, 3.63) is 59.5 Å². The molecule has 1 atom stereocenters. The van der Waals surface area contributed by atoms with E-state index in [0.717, 1.165) is 38.4 Å². The van der Waals surface area contributed by atoms with E-state index in [0.29, 0.717) is 11.7 Å². The zero-order valence-electron chi connectivity index (χ0n) is 13.9. The molecule has 23 heavy (non-hydrogen) atoms. The standard InChI is InChI=1S/C19H24N2O2/c1-15-8-9-18(23-15)19(22)20(2)12-17-10-11-21(14-17)13-16-6-4-3-5-7-16/h3-9,17H,10-14H2,1-2H3/t17-/m0/s1. The first-order chi connectivity index (χ1) is 11.1. The third kappa shape index (κ3) is 4.02. The number of carbonyl (C=O) groups excluding carboxylic acids is 1. The summed E-state index contributed by atoms with van der Waals surface area (Å²) in [5.74, 6) is 1.71. The van der Waals surface area contributed by atoms with E-state index in [1.807, 2.05) is 26.1 Å². The Morgan fingerprint density at radius 2 is 2.04 bits per heavy atom. The predicted molar refractivity (Wildman–Crippen MR) is 90.2 cm³/mol. The van der Waals surface area contributed by atoms with Crippen LogP contribution in [0.3, 0.4) is 0 Å². The molecule has 0 saturated carbocycles. The summed E-state index contributed by atoms with van der Waals surface area (Å²) < 4.78 is 5.43. The van der Waals surface area contributed by atoms with Gasteiger partial charge >= 0.3 is 0 Å². The second kappa shape index (κ2) is 7.01. The van der Waals surface area contributed by atoms with Crippen LogP contribution in [0.4, 0.5) is 0 Å². The highest BCUT2D eigenvalue weighted by atomic mass is 16.3. The molecule has 0 N–H and O–H groups in total. The van der Waals surface area contributed by atoms with Crippen LogP contribution in [0.15, 0.2) is 46.9 Å². The van der Waals surface area contributed by atoms with Gasteiger partial charge in [0.1, 0.15) is 5.76 Å². The van der Waals surface area contributed by atoms with Crippen LogP contribution in [0.25, 0.3) is 0 Å². The highest BCUT2D eigenvalue weighted by Gasteiger charge is 2.26. The van der Waals surface area contributed by atoms with Crippen LogP contribution in [-0.4, -0.2) is 42.4 Å². The molecule has 0 spiro atoms. The Hall–Kier alpha value is -2.07. The van der Waals surface area contributed by atoms with Gasteiger partial charge in [-0.05, 0) is 43.5 Å². The Kier molecular flexibility index (Phi) is 4.82. The van der Waals surface area contributed by atoms with Crippen LogP contribution < -0.4 is 0 Å². The summed E-state index contributed by atoms with van der Waals surface area (Å²) >= 11 is 0. The number of benzene rings is 1. The molecular formula is C19H24N2O2. The fourth-order valence-corrected chi connectivity index (χ4v) is 3.25. The highest BCUT2D eigenvalue weighted by molar-refractivity contribution is 5.91. The topological polar surface area (TPSA) is 36.7 Å². The van der Waals surface area contributed by atoms with Gasteiger partial charge in [-0.15, -0.1) is 0 Å². The first-order valence-corrected chi connectivity index (χ1v) is 8.20. The van der Waals surface area contributed by atoms with Crippen LogP contribution in [0.5, 0.6) is 0 Å². The number of hydrogen-bond donors (Lipinski definition) is 0. The number of nitrogens with zero attached hydrogens (tertiary/aromatic N) is 2. The van der Waals surface area contributed by atoms with Gasteiger partial charge in [0.15, 0.2) is 5.76 Å². The Morgan fingerprint density at radius 1 is 1.26 bits per heavy atom. The number of likely N-dealkylation sites (tertiary alicyclic amines) is 1. The lowest BCUT2D eigenvalue weighted by Crippen LogP contribution is -2.32. The first-order valence-electron chi connectivity index (χ1n) is 8.20. The summed E-state index contributed by atoms with van der Waals surface area (Å²) in [5.41, 5.74) is 1.35. The van der Waals surface area contributed by atoms with E-state index >= 15 is 0 Å². The van der Waals surface area contributed by atoms with Crippen molar-refractivity contribution in [1.82, 2.24) is 9.80 Å². The van der Waals surface area contributed by atoms with Crippen molar-refractivity contribution in [2.24, 2.45) is 5.92 Å². The summed E-state index contributed by atoms with van der Waals surface area (Å²) in [6.45, 7) is 5.77. The lowest BCUT2D eigenvalue weighted by molar-refractivity contribution is 0.0740. The second-order valence-corrected chi connectivity index (χ2v) is 6.47. The number of hydrogen-bond acceptors (Lipinski definition) is 3. The van der Waals surface area contributed by atoms with Gasteiger partial charge in [-0.2, -0.15) is 0 Å². The van der Waals surface area contributed by atoms with E-state index in [1.54, 1.807) is 11.0 Å². The van der Waals surface area contributed by atoms with E-state index in [4.69, 9.17) is 4.42 Å². The Morgan fingerprint density at radius 3 is 2.74 bits per heavy atom. The van der Waals surface area contributed by atoms with Crippen molar-refractivity contribution < 1.29 is 9.21 Å². The average Bonchev–Trinajstić information content (AvgIpc) is 3.17. The van der Waals surface area contributed by atoms with E-state index in [1.165, 1.54) is 5.56 Å². The quantitative estimate of drug-likeness (QED) is 0.851. The van der Waals surface area contributed by atoms with Gasteiger partial charge in [-0.3, -0.25) is 9.69 Å². The molecule has 1 fully saturated rings. The monoisotopic (exact) mass is 312 g/mol. The van der Waals surface area contributed by atoms with Gasteiger partial charge in [0.05, 0.1) is 0 Å². The Labute approximate surface area is 137 Å². The fraction of sp³-hybridized carbons (Fsp3) is 0.421. The molecule has 1 aliphatic rings. The molecule has 1 amide bonds. The average molecular weight is 312 g/mol. The molecule has 2 heterocycles. The Balaban J connectivity index is 1.50. The van der Waals surface area contributed by atoms with Gasteiger partial charge in [-0.25, -0.2) is 0 Å². The van der Waals surface area contributed by atoms with Crippen molar-refractivity contribution in [1.29, 1.82) is 0 Å². The van der Waals surface area contributed by atoms with Crippen molar-refractivity contribution >= 4 is 5.91 Å². The molecule has 1 aliphatic heterocycles. The first kappa shape index (κ1) is 15.8. The molecule has 122 valence electrons. The molecule has 1 aromatic heterocycles.